The van der Waals surface area contributed by atoms with E-state index in [-0.39, 0.29) is 5.41 Å². The van der Waals surface area contributed by atoms with Gasteiger partial charge in [0.2, 0.25) is 0 Å². The van der Waals surface area contributed by atoms with Crippen molar-refractivity contribution in [2.24, 2.45) is 17.3 Å². The average Bonchev–Trinajstić information content (AvgIpc) is 2.51. The van der Waals surface area contributed by atoms with Gasteiger partial charge in [0.05, 0.1) is 0 Å². The molecular formula is C23H35N. The minimum absolute atomic E-state index is 0.0298. The molecule has 0 spiro atoms. The zero-order valence-corrected chi connectivity index (χ0v) is 16.2. The lowest BCUT2D eigenvalue weighted by molar-refractivity contribution is 0.253. The van der Waals surface area contributed by atoms with Gasteiger partial charge in [0.1, 0.15) is 0 Å². The molecule has 0 heterocycles. The monoisotopic (exact) mass is 325 g/mol. The van der Waals surface area contributed by atoms with E-state index in [4.69, 9.17) is 0 Å². The van der Waals surface area contributed by atoms with Crippen molar-refractivity contribution in [3.8, 4) is 0 Å². The van der Waals surface area contributed by atoms with Crippen LogP contribution in [-0.2, 0) is 0 Å². The Balaban J connectivity index is 2.97. The van der Waals surface area contributed by atoms with Crippen LogP contribution in [0.2, 0.25) is 0 Å². The van der Waals surface area contributed by atoms with Crippen LogP contribution in [0.4, 0.5) is 0 Å². The van der Waals surface area contributed by atoms with E-state index in [2.05, 4.69) is 89.5 Å². The van der Waals surface area contributed by atoms with Crippen molar-refractivity contribution in [2.75, 3.05) is 6.54 Å². The second-order valence-corrected chi connectivity index (χ2v) is 7.55. The van der Waals surface area contributed by atoms with Crippen molar-refractivity contribution in [1.82, 2.24) is 5.32 Å². The molecule has 0 fully saturated rings. The summed E-state index contributed by atoms with van der Waals surface area (Å²) in [7, 11) is 0. The molecule has 0 aliphatic heterocycles. The first-order valence-electron chi connectivity index (χ1n) is 9.06. The number of hydrogen-bond acceptors (Lipinski definition) is 1. The van der Waals surface area contributed by atoms with E-state index < -0.39 is 0 Å². The minimum atomic E-state index is 0.0298. The molecule has 1 aliphatic rings. The van der Waals surface area contributed by atoms with Crippen LogP contribution in [0.25, 0.3) is 0 Å². The van der Waals surface area contributed by atoms with Crippen molar-refractivity contribution in [3.63, 3.8) is 0 Å². The first-order chi connectivity index (χ1) is 11.3. The van der Waals surface area contributed by atoms with E-state index in [1.54, 1.807) is 0 Å². The topological polar surface area (TPSA) is 12.0 Å². The molecule has 0 aromatic carbocycles. The van der Waals surface area contributed by atoms with Crippen molar-refractivity contribution >= 4 is 0 Å². The van der Waals surface area contributed by atoms with E-state index >= 15 is 0 Å². The highest BCUT2D eigenvalue weighted by molar-refractivity contribution is 5.35. The fraction of sp³-hybridized carbons (Fsp3) is 0.478. The Hall–Kier alpha value is -1.76. The molecule has 1 atom stereocenters. The summed E-state index contributed by atoms with van der Waals surface area (Å²) in [6, 6.07) is 0. The molecule has 0 amide bonds. The lowest BCUT2D eigenvalue weighted by Crippen LogP contribution is -2.30. The van der Waals surface area contributed by atoms with Gasteiger partial charge in [-0.3, -0.25) is 0 Å². The van der Waals surface area contributed by atoms with Gasteiger partial charge in [-0.2, -0.15) is 0 Å². The Labute approximate surface area is 149 Å². The standard InChI is InChI=1S/C23H35N/c1-8-9-15-21(18(2)3)23(6,7)22(19(4)5)16-17-24-20-13-11-10-12-14-20/h8-11,13,15-16,18,21,24H,1,4,12,14,17H2,2-3,5-7H3/b15-9-,22-16+. The third kappa shape index (κ3) is 5.70. The van der Waals surface area contributed by atoms with Crippen LogP contribution in [0, 0.1) is 17.3 Å². The summed E-state index contributed by atoms with van der Waals surface area (Å²) in [4.78, 5) is 0. The van der Waals surface area contributed by atoms with Crippen LogP contribution in [-0.4, -0.2) is 6.54 Å². The summed E-state index contributed by atoms with van der Waals surface area (Å²) < 4.78 is 0. The van der Waals surface area contributed by atoms with E-state index in [0.717, 1.165) is 25.0 Å². The predicted octanol–water partition coefficient (Wildman–Crippen LogP) is 6.35. The van der Waals surface area contributed by atoms with Gasteiger partial charge in [-0.25, -0.2) is 0 Å². The molecule has 0 aromatic heterocycles. The van der Waals surface area contributed by atoms with E-state index in [0.29, 0.717) is 11.8 Å². The Bertz CT molecular complexity index is 553. The van der Waals surface area contributed by atoms with Gasteiger partial charge in [-0.05, 0) is 48.7 Å². The molecule has 132 valence electrons. The van der Waals surface area contributed by atoms with E-state index in [9.17, 15) is 0 Å². The highest BCUT2D eigenvalue weighted by Crippen LogP contribution is 2.42. The maximum absolute atomic E-state index is 4.24. The third-order valence-corrected chi connectivity index (χ3v) is 4.81. The maximum atomic E-state index is 4.24. The van der Waals surface area contributed by atoms with Crippen LogP contribution in [0.3, 0.4) is 0 Å². The van der Waals surface area contributed by atoms with Crippen LogP contribution >= 0.6 is 0 Å². The van der Waals surface area contributed by atoms with Crippen molar-refractivity contribution < 1.29 is 0 Å². The van der Waals surface area contributed by atoms with Gasteiger partial charge in [0.15, 0.2) is 0 Å². The summed E-state index contributed by atoms with van der Waals surface area (Å²) in [5, 5.41) is 3.55. The van der Waals surface area contributed by atoms with Gasteiger partial charge in [0, 0.05) is 12.2 Å². The third-order valence-electron chi connectivity index (χ3n) is 4.81. The number of allylic oxidation sites excluding steroid dienone is 9. The molecule has 0 radical (unpaired) electrons. The van der Waals surface area contributed by atoms with Gasteiger partial charge in [-0.1, -0.05) is 82.9 Å². The Kier molecular flexibility index (Phi) is 8.04. The van der Waals surface area contributed by atoms with E-state index in [1.165, 1.54) is 11.3 Å². The zero-order chi connectivity index (χ0) is 18.2. The Morgan fingerprint density at radius 2 is 2.08 bits per heavy atom. The normalized spacial score (nSPS) is 17.1. The van der Waals surface area contributed by atoms with Crippen LogP contribution in [0.5, 0.6) is 0 Å². The zero-order valence-electron chi connectivity index (χ0n) is 16.2. The molecule has 1 rings (SSSR count). The number of rotatable bonds is 9. The molecule has 1 N–H and O–H groups in total. The highest BCUT2D eigenvalue weighted by Gasteiger charge is 2.33. The molecule has 0 bridgehead atoms. The highest BCUT2D eigenvalue weighted by atomic mass is 14.9. The van der Waals surface area contributed by atoms with Gasteiger partial charge in [-0.15, -0.1) is 0 Å². The molecule has 0 saturated carbocycles. The minimum Gasteiger partial charge on any atom is -0.385 e. The summed E-state index contributed by atoms with van der Waals surface area (Å²) >= 11 is 0. The Morgan fingerprint density at radius 3 is 2.58 bits per heavy atom. The summed E-state index contributed by atoms with van der Waals surface area (Å²) in [6.45, 7) is 20.2. The van der Waals surface area contributed by atoms with Crippen molar-refractivity contribution in [1.29, 1.82) is 0 Å². The SMILES string of the molecule is C=C/C=C\C(C(C)C)C(C)(C)/C(=C/CNC1=CC=CCC1)C(=C)C. The van der Waals surface area contributed by atoms with Crippen LogP contribution in [0.15, 0.2) is 72.5 Å². The lowest BCUT2D eigenvalue weighted by Gasteiger charge is -2.38. The summed E-state index contributed by atoms with van der Waals surface area (Å²) in [5.74, 6) is 0.994. The first kappa shape index (κ1) is 20.3. The predicted molar refractivity (Wildman–Crippen MR) is 109 cm³/mol. The fourth-order valence-corrected chi connectivity index (χ4v) is 3.70. The van der Waals surface area contributed by atoms with Crippen LogP contribution < -0.4 is 5.32 Å². The molecule has 0 aromatic rings. The molecule has 1 nitrogen and oxygen atoms in total. The van der Waals surface area contributed by atoms with Crippen molar-refractivity contribution in [3.05, 3.63) is 72.5 Å². The quantitative estimate of drug-likeness (QED) is 0.487. The first-order valence-corrected chi connectivity index (χ1v) is 9.06. The summed E-state index contributed by atoms with van der Waals surface area (Å²) in [6.07, 6.45) is 17.3. The fourth-order valence-electron chi connectivity index (χ4n) is 3.70. The molecule has 24 heavy (non-hydrogen) atoms. The van der Waals surface area contributed by atoms with Gasteiger partial charge in [0.25, 0.3) is 0 Å². The largest absolute Gasteiger partial charge is 0.385 e. The van der Waals surface area contributed by atoms with E-state index in [1.807, 2.05) is 6.08 Å². The molecule has 0 saturated heterocycles. The second-order valence-electron chi connectivity index (χ2n) is 7.55. The molecule has 1 aliphatic carbocycles. The Morgan fingerprint density at radius 1 is 1.38 bits per heavy atom. The average molecular weight is 326 g/mol. The second kappa shape index (κ2) is 9.52. The number of nitrogens with one attached hydrogen (secondary N) is 1. The smallest absolute Gasteiger partial charge is 0.0333 e. The van der Waals surface area contributed by atoms with Gasteiger partial charge < -0.3 is 5.32 Å². The van der Waals surface area contributed by atoms with Gasteiger partial charge >= 0.3 is 0 Å². The molecule has 1 heteroatoms. The summed E-state index contributed by atoms with van der Waals surface area (Å²) in [5.41, 5.74) is 3.84. The molecule has 1 unspecified atom stereocenters. The maximum Gasteiger partial charge on any atom is 0.0333 e. The molecular weight excluding hydrogens is 290 g/mol. The van der Waals surface area contributed by atoms with Crippen LogP contribution in [0.1, 0.15) is 47.5 Å². The lowest BCUT2D eigenvalue weighted by atomic mass is 9.66. The number of hydrogen-bond donors (Lipinski definition) is 1. The van der Waals surface area contributed by atoms with Crippen molar-refractivity contribution in [2.45, 2.75) is 47.5 Å².